The van der Waals surface area contributed by atoms with Gasteiger partial charge in [-0.05, 0) is 18.2 Å². The van der Waals surface area contributed by atoms with Crippen molar-refractivity contribution in [2.75, 3.05) is 14.2 Å². The monoisotopic (exact) mass is 241 g/mol. The Hall–Kier alpha value is -1.83. The van der Waals surface area contributed by atoms with E-state index in [1.54, 1.807) is 12.1 Å². The predicted molar refractivity (Wildman–Crippen MR) is 58.3 cm³/mol. The van der Waals surface area contributed by atoms with E-state index in [2.05, 4.69) is 0 Å². The van der Waals surface area contributed by atoms with Crippen molar-refractivity contribution >= 4 is 0 Å². The normalized spacial score (nSPS) is 10.8. The molecule has 0 heterocycles. The summed E-state index contributed by atoms with van der Waals surface area (Å²) in [7, 11) is 2.73. The summed E-state index contributed by atoms with van der Waals surface area (Å²) in [4.78, 5) is 0. The third kappa shape index (κ3) is 3.06. The summed E-state index contributed by atoms with van der Waals surface area (Å²) in [5.74, 6) is -2.68. The topological polar surface area (TPSA) is 42.2 Å². The first-order chi connectivity index (χ1) is 8.05. The van der Waals surface area contributed by atoms with Gasteiger partial charge in [0.05, 0.1) is 25.9 Å². The Morgan fingerprint density at radius 3 is 2.53 bits per heavy atom. The Balaban J connectivity index is 3.13. The van der Waals surface area contributed by atoms with Gasteiger partial charge in [-0.15, -0.1) is 0 Å². The van der Waals surface area contributed by atoms with Crippen molar-refractivity contribution in [1.29, 1.82) is 5.26 Å². The summed E-state index contributed by atoms with van der Waals surface area (Å²) in [6.45, 7) is 0. The Morgan fingerprint density at radius 1 is 1.29 bits per heavy atom. The zero-order valence-corrected chi connectivity index (χ0v) is 9.67. The highest BCUT2D eigenvalue weighted by Gasteiger charge is 2.34. The molecule has 0 atom stereocenters. The fourth-order valence-electron chi connectivity index (χ4n) is 1.45. The van der Waals surface area contributed by atoms with E-state index in [1.165, 1.54) is 26.4 Å². The molecular formula is C12H13F2NO2. The molecule has 0 amide bonds. The number of rotatable bonds is 5. The molecule has 0 bridgehead atoms. The fraction of sp³-hybridized carbons (Fsp3) is 0.417. The Morgan fingerprint density at radius 2 is 2.00 bits per heavy atom. The van der Waals surface area contributed by atoms with Gasteiger partial charge in [0.1, 0.15) is 11.5 Å². The molecular weight excluding hydrogens is 228 g/mol. The van der Waals surface area contributed by atoms with Crippen LogP contribution >= 0.6 is 0 Å². The lowest BCUT2D eigenvalue weighted by Gasteiger charge is -2.19. The van der Waals surface area contributed by atoms with Crippen LogP contribution in [0.4, 0.5) is 8.78 Å². The van der Waals surface area contributed by atoms with Crippen molar-refractivity contribution < 1.29 is 18.3 Å². The Bertz CT molecular complexity index is 427. The van der Waals surface area contributed by atoms with E-state index in [1.807, 2.05) is 0 Å². The minimum absolute atomic E-state index is 0.0914. The van der Waals surface area contributed by atoms with Crippen LogP contribution in [0.3, 0.4) is 0 Å². The number of hydrogen-bond acceptors (Lipinski definition) is 3. The molecule has 0 N–H and O–H groups in total. The third-order valence-corrected chi connectivity index (χ3v) is 2.35. The van der Waals surface area contributed by atoms with Gasteiger partial charge in [0.25, 0.3) is 5.92 Å². The molecule has 3 nitrogen and oxygen atoms in total. The second-order valence-corrected chi connectivity index (χ2v) is 3.43. The summed E-state index contributed by atoms with van der Waals surface area (Å²) < 4.78 is 37.4. The zero-order valence-electron chi connectivity index (χ0n) is 9.67. The number of nitriles is 1. The number of methoxy groups -OCH3 is 2. The van der Waals surface area contributed by atoms with E-state index in [9.17, 15) is 8.78 Å². The van der Waals surface area contributed by atoms with Crippen molar-refractivity contribution in [3.63, 3.8) is 0 Å². The quantitative estimate of drug-likeness (QED) is 0.795. The molecule has 0 aliphatic rings. The summed E-state index contributed by atoms with van der Waals surface area (Å²) in [6, 6.07) is 5.91. The number of hydrogen-bond donors (Lipinski definition) is 0. The molecule has 1 aromatic rings. The lowest BCUT2D eigenvalue weighted by Crippen LogP contribution is -2.14. The summed E-state index contributed by atoms with van der Waals surface area (Å²) in [5, 5.41) is 8.36. The van der Waals surface area contributed by atoms with Crippen LogP contribution in [0, 0.1) is 11.3 Å². The first-order valence-corrected chi connectivity index (χ1v) is 5.02. The molecule has 0 saturated carbocycles. The van der Waals surface area contributed by atoms with E-state index < -0.39 is 12.3 Å². The van der Waals surface area contributed by atoms with Crippen molar-refractivity contribution in [2.45, 2.75) is 18.8 Å². The summed E-state index contributed by atoms with van der Waals surface area (Å²) in [6.07, 6.45) is -0.750. The molecule has 5 heteroatoms. The van der Waals surface area contributed by atoms with Crippen LogP contribution in [0.2, 0.25) is 0 Å². The molecule has 0 unspecified atom stereocenters. The van der Waals surface area contributed by atoms with Crippen LogP contribution in [-0.4, -0.2) is 14.2 Å². The number of alkyl halides is 2. The Labute approximate surface area is 98.6 Å². The zero-order chi connectivity index (χ0) is 12.9. The molecule has 1 aromatic carbocycles. The molecule has 0 aliphatic heterocycles. The van der Waals surface area contributed by atoms with Crippen LogP contribution < -0.4 is 9.47 Å². The van der Waals surface area contributed by atoms with Gasteiger partial charge in [-0.1, -0.05) is 0 Å². The van der Waals surface area contributed by atoms with Crippen molar-refractivity contribution in [3.05, 3.63) is 23.8 Å². The van der Waals surface area contributed by atoms with Crippen LogP contribution in [0.15, 0.2) is 18.2 Å². The van der Waals surface area contributed by atoms with Crippen LogP contribution in [0.25, 0.3) is 0 Å². The molecule has 0 radical (unpaired) electrons. The third-order valence-electron chi connectivity index (χ3n) is 2.35. The van der Waals surface area contributed by atoms with E-state index >= 15 is 0 Å². The van der Waals surface area contributed by atoms with E-state index in [-0.39, 0.29) is 17.7 Å². The van der Waals surface area contributed by atoms with E-state index in [4.69, 9.17) is 14.7 Å². The predicted octanol–water partition coefficient (Wildman–Crippen LogP) is 3.10. The molecule has 0 spiro atoms. The van der Waals surface area contributed by atoms with E-state index in [0.29, 0.717) is 5.75 Å². The minimum atomic E-state index is -3.10. The lowest BCUT2D eigenvalue weighted by molar-refractivity contribution is -0.0142. The van der Waals surface area contributed by atoms with Crippen molar-refractivity contribution in [3.8, 4) is 17.6 Å². The number of nitrogens with zero attached hydrogens (tertiary/aromatic N) is 1. The van der Waals surface area contributed by atoms with Gasteiger partial charge in [-0.2, -0.15) is 5.26 Å². The van der Waals surface area contributed by atoms with Gasteiger partial charge in [0.15, 0.2) is 0 Å². The fourth-order valence-corrected chi connectivity index (χ4v) is 1.45. The van der Waals surface area contributed by atoms with Gasteiger partial charge >= 0.3 is 0 Å². The number of halogens is 2. The SMILES string of the molecule is COc1ccc(OC)c(C(F)(F)CCC#N)c1. The molecule has 0 aliphatic carbocycles. The number of ether oxygens (including phenoxy) is 2. The second-order valence-electron chi connectivity index (χ2n) is 3.43. The summed E-state index contributed by atoms with van der Waals surface area (Å²) >= 11 is 0. The summed E-state index contributed by atoms with van der Waals surface area (Å²) in [5.41, 5.74) is -0.255. The average molecular weight is 241 g/mol. The highest BCUT2D eigenvalue weighted by atomic mass is 19.3. The maximum absolute atomic E-state index is 13.8. The van der Waals surface area contributed by atoms with Crippen LogP contribution in [0.1, 0.15) is 18.4 Å². The first-order valence-electron chi connectivity index (χ1n) is 5.02. The van der Waals surface area contributed by atoms with Crippen molar-refractivity contribution in [1.82, 2.24) is 0 Å². The molecule has 92 valence electrons. The van der Waals surface area contributed by atoms with Gasteiger partial charge in [0.2, 0.25) is 0 Å². The smallest absolute Gasteiger partial charge is 0.277 e. The lowest BCUT2D eigenvalue weighted by atomic mass is 10.0. The molecule has 1 rings (SSSR count). The Kier molecular flexibility index (Phi) is 4.27. The molecule has 0 aromatic heterocycles. The molecule has 0 saturated heterocycles. The number of benzene rings is 1. The van der Waals surface area contributed by atoms with Crippen LogP contribution in [-0.2, 0) is 5.92 Å². The standard InChI is InChI=1S/C12H13F2NO2/c1-16-9-4-5-11(17-2)10(8-9)12(13,14)6-3-7-15/h4-5,8H,3,6H2,1-2H3. The molecule has 17 heavy (non-hydrogen) atoms. The maximum atomic E-state index is 13.8. The van der Waals surface area contributed by atoms with Gasteiger partial charge in [0, 0.05) is 12.8 Å². The van der Waals surface area contributed by atoms with Gasteiger partial charge < -0.3 is 9.47 Å². The first kappa shape index (κ1) is 13.2. The van der Waals surface area contributed by atoms with Gasteiger partial charge in [-0.3, -0.25) is 0 Å². The largest absolute Gasteiger partial charge is 0.497 e. The average Bonchev–Trinajstić information content (AvgIpc) is 2.35. The highest BCUT2D eigenvalue weighted by molar-refractivity contribution is 5.42. The minimum Gasteiger partial charge on any atom is -0.497 e. The maximum Gasteiger partial charge on any atom is 0.277 e. The van der Waals surface area contributed by atoms with Gasteiger partial charge in [-0.25, -0.2) is 8.78 Å². The second kappa shape index (κ2) is 5.48. The van der Waals surface area contributed by atoms with E-state index in [0.717, 1.165) is 0 Å². The van der Waals surface area contributed by atoms with Crippen LogP contribution in [0.5, 0.6) is 11.5 Å². The molecule has 0 fully saturated rings. The highest BCUT2D eigenvalue weighted by Crippen LogP contribution is 2.40. The van der Waals surface area contributed by atoms with Crippen molar-refractivity contribution in [2.24, 2.45) is 0 Å².